The van der Waals surface area contributed by atoms with Crippen molar-refractivity contribution in [2.45, 2.75) is 0 Å². The predicted octanol–water partition coefficient (Wildman–Crippen LogP) is 27.7. The molecule has 8 nitrogen and oxygen atoms in total. The molecule has 0 aliphatic carbocycles. The average Bonchev–Trinajstić information content (AvgIpc) is 1.52. The van der Waals surface area contributed by atoms with Crippen LogP contribution >= 0.6 is 0 Å². The molecule has 10 heterocycles. The number of fused-ring (bicyclic) bond motifs is 34. The predicted molar refractivity (Wildman–Crippen MR) is 427 cm³/mol. The summed E-state index contributed by atoms with van der Waals surface area (Å²) < 4.78 is 46.2. The van der Waals surface area contributed by atoms with E-state index in [0.29, 0.717) is 0 Å². The summed E-state index contributed by atoms with van der Waals surface area (Å²) in [5.74, 6) is 0. The van der Waals surface area contributed by atoms with Crippen LogP contribution < -0.4 is 0 Å². The third kappa shape index (κ3) is 6.83. The molecule has 104 heavy (non-hydrogen) atoms. The van der Waals surface area contributed by atoms with Crippen molar-refractivity contribution in [3.05, 3.63) is 291 Å². The minimum atomic E-state index is 0.811. The molecule has 0 amide bonds. The van der Waals surface area contributed by atoms with Crippen molar-refractivity contribution in [1.82, 2.24) is 8.80 Å². The van der Waals surface area contributed by atoms with E-state index in [4.69, 9.17) is 26.5 Å². The lowest BCUT2D eigenvalue weighted by Crippen LogP contribution is -1.83. The van der Waals surface area contributed by atoms with Gasteiger partial charge in [-0.05, 0) is 153 Å². The number of nitrogens with zero attached hydrogens (tertiary/aromatic N) is 2. The van der Waals surface area contributed by atoms with Gasteiger partial charge in [0.15, 0.2) is 22.3 Å². The van der Waals surface area contributed by atoms with Gasteiger partial charge in [0.25, 0.3) is 0 Å². The van der Waals surface area contributed by atoms with Crippen LogP contribution in [0.5, 0.6) is 0 Å². The standard InChI is InChI=1S/C96H48N2O6/c1-6-19-79-59(11-1)67-17-9-16-58(92(67)100-79)52-29-27-51(28-30-52)56-47-74-63-33-37-68-60-12-2-7-20-80(60)101-93(68)88(63)97-86(74)76(48-56)65-35-39-70-73-44-54(32-42-83(73)103-95(70)90(65)97)57-15-10-22-84-85(57)71-40-36-66-77-46-55(50-25-23-49(24-26-50)53-31-41-82-72(43-53)62-14-4-5-18-78(62)99-82)45-75-64-34-38-69-61-13-3-8-21-81(61)102-94(69)89(64)98(87(75)77)91(66)96(71)104-84/h1-48H. The molecule has 0 spiro atoms. The first kappa shape index (κ1) is 53.8. The van der Waals surface area contributed by atoms with Crippen molar-refractivity contribution in [3.8, 4) is 55.6 Å². The first-order valence-electron chi connectivity index (χ1n) is 35.4. The van der Waals surface area contributed by atoms with Crippen LogP contribution in [0.15, 0.2) is 318 Å². The Labute approximate surface area is 586 Å². The minimum absolute atomic E-state index is 0.811. The van der Waals surface area contributed by atoms with E-state index in [2.05, 4.69) is 264 Å². The van der Waals surface area contributed by atoms with E-state index in [1.807, 2.05) is 36.4 Å². The van der Waals surface area contributed by atoms with Gasteiger partial charge in [-0.25, -0.2) is 0 Å². The van der Waals surface area contributed by atoms with Gasteiger partial charge in [-0.3, -0.25) is 0 Å². The highest BCUT2D eigenvalue weighted by Gasteiger charge is 2.30. The first-order chi connectivity index (χ1) is 51.5. The SMILES string of the molecule is c1ccc2c(c1)oc1ccc(-c3ccc(-c4cc5c6ccc7c8ccccc8oc7c6n6c5c(c4)c4ccc5c(oc7cccc(-c8ccc9oc%10c(ccc%11c%12cc(-c%13ccc(-c%14cccc%15c%14oc%14ccccc%14%15)cc%13)cc%13c%14ccc%15c%16ccccc%16oc%15c%14n(c%13%12)c%11%10)c9c8)c75)c46)cc3)cc12. The van der Waals surface area contributed by atoms with Gasteiger partial charge in [0.2, 0.25) is 0 Å². The summed E-state index contributed by atoms with van der Waals surface area (Å²) in [6.07, 6.45) is 0. The van der Waals surface area contributed by atoms with Crippen LogP contribution in [-0.4, -0.2) is 8.80 Å². The van der Waals surface area contributed by atoms with Gasteiger partial charge in [-0.2, -0.15) is 0 Å². The van der Waals surface area contributed by atoms with Gasteiger partial charge in [0.1, 0.15) is 44.7 Å². The summed E-state index contributed by atoms with van der Waals surface area (Å²) in [5.41, 5.74) is 27.8. The van der Waals surface area contributed by atoms with Crippen molar-refractivity contribution >= 4 is 208 Å². The molecule has 0 fully saturated rings. The average molecular weight is 1330 g/mol. The number of benzene rings is 16. The summed E-state index contributed by atoms with van der Waals surface area (Å²) in [7, 11) is 0. The zero-order valence-corrected chi connectivity index (χ0v) is 55.1. The molecule has 0 saturated heterocycles. The van der Waals surface area contributed by atoms with E-state index in [-0.39, 0.29) is 0 Å². The van der Waals surface area contributed by atoms with Gasteiger partial charge in [0, 0.05) is 113 Å². The second kappa shape index (κ2) is 19.1. The highest BCUT2D eigenvalue weighted by molar-refractivity contribution is 6.35. The Morgan fingerprint density at radius 2 is 0.462 bits per heavy atom. The largest absolute Gasteiger partial charge is 0.456 e. The van der Waals surface area contributed by atoms with Crippen molar-refractivity contribution in [3.63, 3.8) is 0 Å². The van der Waals surface area contributed by atoms with Crippen molar-refractivity contribution in [2.75, 3.05) is 0 Å². The molecule has 0 radical (unpaired) electrons. The number of aromatic nitrogens is 2. The minimum Gasteiger partial charge on any atom is -0.456 e. The lowest BCUT2D eigenvalue weighted by Gasteiger charge is -2.07. The van der Waals surface area contributed by atoms with E-state index >= 15 is 0 Å². The number of rotatable bonds is 5. The third-order valence-corrected chi connectivity index (χ3v) is 23.2. The van der Waals surface area contributed by atoms with Gasteiger partial charge in [-0.15, -0.1) is 0 Å². The summed E-state index contributed by atoms with van der Waals surface area (Å²) in [6, 6.07) is 105. The van der Waals surface area contributed by atoms with Crippen LogP contribution in [0.4, 0.5) is 0 Å². The smallest absolute Gasteiger partial charge is 0.160 e. The molecule has 0 N–H and O–H groups in total. The van der Waals surface area contributed by atoms with Gasteiger partial charge in [-0.1, -0.05) is 188 Å². The van der Waals surface area contributed by atoms with Gasteiger partial charge < -0.3 is 35.3 Å². The van der Waals surface area contributed by atoms with E-state index in [9.17, 15) is 0 Å². The quantitative estimate of drug-likeness (QED) is 0.171. The molecule has 0 aliphatic rings. The van der Waals surface area contributed by atoms with Crippen molar-refractivity contribution < 1.29 is 26.5 Å². The fourth-order valence-electron chi connectivity index (χ4n) is 18.6. The molecule has 0 unspecified atom stereocenters. The lowest BCUT2D eigenvalue weighted by molar-refractivity contribution is 0.668. The third-order valence-electron chi connectivity index (χ3n) is 23.2. The monoisotopic (exact) mass is 1320 g/mol. The zero-order chi connectivity index (χ0) is 67.1. The highest BCUT2D eigenvalue weighted by atomic mass is 16.4. The molecule has 0 aliphatic heterocycles. The summed E-state index contributed by atoms with van der Waals surface area (Å²) in [6.45, 7) is 0. The van der Waals surface area contributed by atoms with E-state index < -0.39 is 0 Å². The molecule has 0 atom stereocenters. The Morgan fingerprint density at radius 3 is 0.990 bits per heavy atom. The molecule has 16 aromatic carbocycles. The van der Waals surface area contributed by atoms with Crippen LogP contribution in [-0.2, 0) is 0 Å². The van der Waals surface area contributed by atoms with E-state index in [1.165, 1.54) is 0 Å². The van der Waals surface area contributed by atoms with Crippen molar-refractivity contribution in [1.29, 1.82) is 0 Å². The topological polar surface area (TPSA) is 87.7 Å². The Bertz CT molecular complexity index is 8340. The molecular weight excluding hydrogens is 1280 g/mol. The summed E-state index contributed by atoms with van der Waals surface area (Å²) in [4.78, 5) is 0. The summed E-state index contributed by atoms with van der Waals surface area (Å²) >= 11 is 0. The van der Waals surface area contributed by atoms with E-state index in [0.717, 1.165) is 263 Å². The Morgan fingerprint density at radius 1 is 0.154 bits per heavy atom. The second-order valence-electron chi connectivity index (χ2n) is 28.4. The van der Waals surface area contributed by atoms with Crippen LogP contribution in [0.1, 0.15) is 0 Å². The van der Waals surface area contributed by atoms with Crippen LogP contribution in [0.2, 0.25) is 0 Å². The zero-order valence-electron chi connectivity index (χ0n) is 55.1. The number of hydrogen-bond acceptors (Lipinski definition) is 6. The number of furan rings is 6. The maximum absolute atomic E-state index is 7.35. The lowest BCUT2D eigenvalue weighted by atomic mass is 9.95. The fraction of sp³-hybridized carbons (Fsp3) is 0. The molecule has 0 bridgehead atoms. The number of para-hydroxylation sites is 5. The van der Waals surface area contributed by atoms with Crippen LogP contribution in [0.25, 0.3) is 263 Å². The molecule has 26 rings (SSSR count). The van der Waals surface area contributed by atoms with Crippen LogP contribution in [0, 0.1) is 0 Å². The Balaban J connectivity index is 0.651. The maximum Gasteiger partial charge on any atom is 0.160 e. The fourth-order valence-corrected chi connectivity index (χ4v) is 18.6. The van der Waals surface area contributed by atoms with Crippen molar-refractivity contribution in [2.24, 2.45) is 0 Å². The Hall–Kier alpha value is -14.1. The van der Waals surface area contributed by atoms with Gasteiger partial charge in [0.05, 0.1) is 33.1 Å². The van der Waals surface area contributed by atoms with Crippen LogP contribution in [0.3, 0.4) is 0 Å². The maximum atomic E-state index is 7.35. The molecule has 26 aromatic rings. The normalized spacial score (nSPS) is 12.8. The molecule has 478 valence electrons. The molecule has 10 aromatic heterocycles. The first-order valence-corrected chi connectivity index (χ1v) is 35.4. The number of hydrogen-bond donors (Lipinski definition) is 0. The van der Waals surface area contributed by atoms with E-state index in [1.54, 1.807) is 0 Å². The molecule has 0 saturated carbocycles. The molecule has 8 heteroatoms. The second-order valence-corrected chi connectivity index (χ2v) is 28.4. The summed E-state index contributed by atoms with van der Waals surface area (Å²) in [5, 5.41) is 22.1. The Kier molecular flexibility index (Phi) is 9.86. The van der Waals surface area contributed by atoms with Gasteiger partial charge >= 0.3 is 0 Å². The molecular formula is C96H48N2O6. The highest BCUT2D eigenvalue weighted by Crippen LogP contribution is 2.52.